The van der Waals surface area contributed by atoms with Gasteiger partial charge in [-0.1, -0.05) is 306 Å². The van der Waals surface area contributed by atoms with Gasteiger partial charge in [-0.3, -0.25) is 9.59 Å². The Labute approximate surface area is 474 Å². The maximum absolute atomic E-state index is 12.4. The first-order valence-electron chi connectivity index (χ1n) is 33.9. The van der Waals surface area contributed by atoms with E-state index in [0.717, 1.165) is 51.4 Å². The van der Waals surface area contributed by atoms with Gasteiger partial charge in [-0.2, -0.15) is 0 Å². The van der Waals surface area contributed by atoms with Crippen LogP contribution in [0.2, 0.25) is 0 Å². The van der Waals surface area contributed by atoms with E-state index in [0.29, 0.717) is 19.4 Å². The predicted octanol–water partition coefficient (Wildman–Crippen LogP) is 21.7. The smallest absolute Gasteiger partial charge is 0.305 e. The largest absolute Gasteiger partial charge is 0.466 e. The van der Waals surface area contributed by atoms with Crippen molar-refractivity contribution in [2.75, 3.05) is 13.2 Å². The molecular weight excluding hydrogens is 935 g/mol. The molecule has 0 radical (unpaired) electrons. The maximum Gasteiger partial charge on any atom is 0.305 e. The fourth-order valence-electron chi connectivity index (χ4n) is 10.4. The van der Waals surface area contributed by atoms with E-state index in [2.05, 4.69) is 55.6 Å². The summed E-state index contributed by atoms with van der Waals surface area (Å²) in [4.78, 5) is 24.5. The average Bonchev–Trinajstić information content (AvgIpc) is 3.42. The minimum absolute atomic E-state index is 0.0135. The molecule has 0 fully saturated rings. The van der Waals surface area contributed by atoms with Crippen molar-refractivity contribution in [3.05, 3.63) is 48.6 Å². The Bertz CT molecular complexity index is 1270. The van der Waals surface area contributed by atoms with Crippen LogP contribution in [0.3, 0.4) is 0 Å². The third-order valence-corrected chi connectivity index (χ3v) is 15.6. The van der Waals surface area contributed by atoms with Gasteiger partial charge in [0.15, 0.2) is 0 Å². The summed E-state index contributed by atoms with van der Waals surface area (Å²) in [6, 6.07) is -0.624. The van der Waals surface area contributed by atoms with Crippen molar-refractivity contribution in [3.63, 3.8) is 0 Å². The van der Waals surface area contributed by atoms with Crippen LogP contribution in [0, 0.1) is 0 Å². The predicted molar refractivity (Wildman–Crippen MR) is 333 cm³/mol. The second-order valence-corrected chi connectivity index (χ2v) is 23.1. The molecule has 2 atom stereocenters. The number of carbonyl (C=O) groups is 2. The first kappa shape index (κ1) is 73.8. The number of allylic oxidation sites excluding steroid dienone is 7. The summed E-state index contributed by atoms with van der Waals surface area (Å²) in [6.07, 6.45) is 84.8. The third-order valence-electron chi connectivity index (χ3n) is 15.6. The standard InChI is InChI=1S/C70H131NO5/c1-3-5-7-9-11-13-14-15-16-17-31-35-38-41-44-48-52-56-60-64-70(75)76-65-61-57-53-49-45-42-39-36-33-30-28-26-24-22-20-18-19-21-23-25-27-29-32-34-37-40-43-47-51-55-59-63-69(74)71-67(66-72)68(73)62-58-54-50-46-12-10-8-6-4-2/h11,13,15-16,20,22,58,62,67-68,72-73H,3-10,12,14,17-19,21,23-57,59-61,63-66H2,1-2H3,(H,71,74)/b13-11-,16-15-,22-20-,62-58+. The molecule has 0 spiro atoms. The molecule has 0 aromatic rings. The lowest BCUT2D eigenvalue weighted by molar-refractivity contribution is -0.143. The molecule has 6 nitrogen and oxygen atoms in total. The molecule has 446 valence electrons. The van der Waals surface area contributed by atoms with Gasteiger partial charge < -0.3 is 20.3 Å². The molecule has 0 aliphatic carbocycles. The summed E-state index contributed by atoms with van der Waals surface area (Å²) in [6.45, 7) is 4.87. The lowest BCUT2D eigenvalue weighted by atomic mass is 10.0. The number of unbranched alkanes of at least 4 members (excludes halogenated alkanes) is 46. The molecule has 2 unspecified atom stereocenters. The normalized spacial score (nSPS) is 12.8. The number of nitrogens with one attached hydrogen (secondary N) is 1. The number of ether oxygens (including phenoxy) is 1. The summed E-state index contributed by atoms with van der Waals surface area (Å²) in [5.41, 5.74) is 0. The fourth-order valence-corrected chi connectivity index (χ4v) is 10.4. The third kappa shape index (κ3) is 61.0. The van der Waals surface area contributed by atoms with Crippen LogP contribution in [-0.2, 0) is 14.3 Å². The molecule has 0 saturated carbocycles. The van der Waals surface area contributed by atoms with Crippen LogP contribution >= 0.6 is 0 Å². The second kappa shape index (κ2) is 65.3. The Morgan fingerprint density at radius 2 is 0.658 bits per heavy atom. The van der Waals surface area contributed by atoms with Gasteiger partial charge >= 0.3 is 5.97 Å². The zero-order valence-corrected chi connectivity index (χ0v) is 51.0. The van der Waals surface area contributed by atoms with E-state index in [-0.39, 0.29) is 18.5 Å². The molecule has 0 saturated heterocycles. The molecule has 0 bridgehead atoms. The molecule has 0 aliphatic rings. The number of amides is 1. The minimum Gasteiger partial charge on any atom is -0.466 e. The van der Waals surface area contributed by atoms with Crippen LogP contribution in [0.1, 0.15) is 361 Å². The Morgan fingerprint density at radius 1 is 0.368 bits per heavy atom. The quantitative estimate of drug-likeness (QED) is 0.0320. The molecule has 0 aromatic heterocycles. The van der Waals surface area contributed by atoms with E-state index in [9.17, 15) is 19.8 Å². The summed E-state index contributed by atoms with van der Waals surface area (Å²) in [7, 11) is 0. The van der Waals surface area contributed by atoms with Crippen molar-refractivity contribution in [1.29, 1.82) is 0 Å². The molecule has 0 heterocycles. The SMILES string of the molecule is CCCCC/C=C\C/C=C\CCCCCCCCCCCC(=O)OCCCCCCCCCCCCCC/C=C\CCCCCCCCCCCCCCCCCC(=O)NC(CO)C(O)/C=C/CCCCCCCCC. The zero-order chi connectivity index (χ0) is 55.0. The number of hydrogen-bond donors (Lipinski definition) is 3. The van der Waals surface area contributed by atoms with Crippen molar-refractivity contribution in [3.8, 4) is 0 Å². The van der Waals surface area contributed by atoms with E-state index in [1.54, 1.807) is 6.08 Å². The van der Waals surface area contributed by atoms with Gasteiger partial charge in [0.2, 0.25) is 5.91 Å². The lowest BCUT2D eigenvalue weighted by Crippen LogP contribution is -2.45. The average molecular weight is 1070 g/mol. The Hall–Kier alpha value is -2.18. The van der Waals surface area contributed by atoms with E-state index in [1.165, 1.54) is 283 Å². The zero-order valence-electron chi connectivity index (χ0n) is 51.0. The van der Waals surface area contributed by atoms with E-state index < -0.39 is 12.1 Å². The van der Waals surface area contributed by atoms with E-state index in [1.807, 2.05) is 6.08 Å². The molecule has 0 rings (SSSR count). The van der Waals surface area contributed by atoms with Crippen LogP contribution < -0.4 is 5.32 Å². The lowest BCUT2D eigenvalue weighted by Gasteiger charge is -2.20. The highest BCUT2D eigenvalue weighted by molar-refractivity contribution is 5.76. The number of aliphatic hydroxyl groups is 2. The first-order chi connectivity index (χ1) is 37.5. The van der Waals surface area contributed by atoms with E-state index in [4.69, 9.17) is 4.74 Å². The number of hydrogen-bond acceptors (Lipinski definition) is 5. The number of esters is 1. The van der Waals surface area contributed by atoms with Gasteiger partial charge in [0.05, 0.1) is 25.4 Å². The highest BCUT2D eigenvalue weighted by atomic mass is 16.5. The van der Waals surface area contributed by atoms with Gasteiger partial charge in [0, 0.05) is 12.8 Å². The Morgan fingerprint density at radius 3 is 1.04 bits per heavy atom. The number of rotatable bonds is 63. The molecule has 1 amide bonds. The van der Waals surface area contributed by atoms with Gasteiger partial charge in [-0.05, 0) is 89.9 Å². The van der Waals surface area contributed by atoms with Crippen molar-refractivity contribution in [2.45, 2.75) is 373 Å². The monoisotopic (exact) mass is 1070 g/mol. The minimum atomic E-state index is -0.841. The molecule has 0 aromatic carbocycles. The van der Waals surface area contributed by atoms with Crippen LogP contribution in [0.4, 0.5) is 0 Å². The maximum atomic E-state index is 12.4. The molecule has 0 aliphatic heterocycles. The van der Waals surface area contributed by atoms with Crippen LogP contribution in [0.5, 0.6) is 0 Å². The summed E-state index contributed by atoms with van der Waals surface area (Å²) < 4.78 is 5.50. The summed E-state index contributed by atoms with van der Waals surface area (Å²) >= 11 is 0. The van der Waals surface area contributed by atoms with Crippen molar-refractivity contribution in [1.82, 2.24) is 5.32 Å². The van der Waals surface area contributed by atoms with E-state index >= 15 is 0 Å². The van der Waals surface area contributed by atoms with Crippen LogP contribution in [0.15, 0.2) is 48.6 Å². The topological polar surface area (TPSA) is 95.9 Å². The Balaban J connectivity index is 3.33. The molecule has 6 heteroatoms. The molecule has 76 heavy (non-hydrogen) atoms. The van der Waals surface area contributed by atoms with Gasteiger partial charge in [0.1, 0.15) is 0 Å². The fraction of sp³-hybridized carbons (Fsp3) is 0.857. The van der Waals surface area contributed by atoms with Gasteiger partial charge in [-0.15, -0.1) is 0 Å². The van der Waals surface area contributed by atoms with Crippen molar-refractivity contribution in [2.24, 2.45) is 0 Å². The first-order valence-corrected chi connectivity index (χ1v) is 33.9. The second-order valence-electron chi connectivity index (χ2n) is 23.1. The van der Waals surface area contributed by atoms with Crippen molar-refractivity contribution < 1.29 is 24.5 Å². The highest BCUT2D eigenvalue weighted by Crippen LogP contribution is 2.18. The van der Waals surface area contributed by atoms with Gasteiger partial charge in [0.25, 0.3) is 0 Å². The summed E-state index contributed by atoms with van der Waals surface area (Å²) in [5.74, 6) is -0.0546. The highest BCUT2D eigenvalue weighted by Gasteiger charge is 2.18. The number of aliphatic hydroxyl groups excluding tert-OH is 2. The van der Waals surface area contributed by atoms with Crippen LogP contribution in [0.25, 0.3) is 0 Å². The molecular formula is C70H131NO5. The number of carbonyl (C=O) groups excluding carboxylic acids is 2. The van der Waals surface area contributed by atoms with Gasteiger partial charge in [-0.25, -0.2) is 0 Å². The van der Waals surface area contributed by atoms with Crippen LogP contribution in [-0.4, -0.2) is 47.4 Å². The Kier molecular flexibility index (Phi) is 63.5. The molecule has 3 N–H and O–H groups in total. The summed E-state index contributed by atoms with van der Waals surface area (Å²) in [5, 5.41) is 23.0. The van der Waals surface area contributed by atoms with Crippen molar-refractivity contribution >= 4 is 11.9 Å².